The lowest BCUT2D eigenvalue weighted by molar-refractivity contribution is 1.12. The fourth-order valence-electron chi connectivity index (χ4n) is 3.90. The first-order valence-corrected chi connectivity index (χ1v) is 9.57. The van der Waals surface area contributed by atoms with E-state index < -0.39 is 0 Å². The van der Waals surface area contributed by atoms with E-state index >= 15 is 0 Å². The number of rotatable bonds is 2. The summed E-state index contributed by atoms with van der Waals surface area (Å²) in [6, 6.07) is 30.4. The second-order valence-electron chi connectivity index (χ2n) is 7.57. The molecule has 2 heteroatoms. The molecule has 5 rings (SSSR count). The molecule has 1 heterocycles. The van der Waals surface area contributed by atoms with Gasteiger partial charge in [0.2, 0.25) is 0 Å². The van der Waals surface area contributed by atoms with Gasteiger partial charge >= 0.3 is 0 Å². The van der Waals surface area contributed by atoms with Crippen molar-refractivity contribution in [2.75, 3.05) is 5.84 Å². The van der Waals surface area contributed by atoms with Crippen molar-refractivity contribution in [3.63, 3.8) is 0 Å². The van der Waals surface area contributed by atoms with Crippen LogP contribution in [-0.2, 0) is 0 Å². The maximum absolute atomic E-state index is 6.41. The van der Waals surface area contributed by atoms with Gasteiger partial charge in [0, 0.05) is 10.8 Å². The molecule has 0 amide bonds. The highest BCUT2D eigenvalue weighted by Crippen LogP contribution is 2.34. The lowest BCUT2D eigenvalue weighted by Crippen LogP contribution is -2.06. The molecule has 1 aromatic heterocycles. The summed E-state index contributed by atoms with van der Waals surface area (Å²) < 4.78 is 1.79. The van der Waals surface area contributed by atoms with Crippen LogP contribution in [0.3, 0.4) is 0 Å². The van der Waals surface area contributed by atoms with Crippen LogP contribution in [0.5, 0.6) is 0 Å². The summed E-state index contributed by atoms with van der Waals surface area (Å²) >= 11 is 0. The number of fused-ring (bicyclic) bond motifs is 3. The van der Waals surface area contributed by atoms with Gasteiger partial charge in [-0.3, -0.25) is 4.68 Å². The number of aromatic nitrogens is 1. The Morgan fingerprint density at radius 3 is 1.25 bits per heavy atom. The van der Waals surface area contributed by atoms with Crippen LogP contribution in [0.15, 0.2) is 84.9 Å². The molecule has 0 saturated heterocycles. The standard InChI is InChI=1S/C26H22N2/c1-17-3-7-19(8-4-17)21-11-13-25-23(15-21)24-16-22(12-14-26(24)28(25)27)20-9-5-18(2)6-10-20/h3-16H,27H2,1-2H3. The maximum Gasteiger partial charge on any atom is 0.0704 e. The molecule has 0 aliphatic rings. The van der Waals surface area contributed by atoms with Crippen LogP contribution in [-0.4, -0.2) is 4.68 Å². The van der Waals surface area contributed by atoms with Crippen LogP contribution in [0.1, 0.15) is 11.1 Å². The third-order valence-electron chi connectivity index (χ3n) is 5.57. The van der Waals surface area contributed by atoms with Crippen molar-refractivity contribution < 1.29 is 0 Å². The van der Waals surface area contributed by atoms with E-state index in [1.54, 1.807) is 4.68 Å². The summed E-state index contributed by atoms with van der Waals surface area (Å²) in [4.78, 5) is 0. The van der Waals surface area contributed by atoms with Crippen LogP contribution < -0.4 is 5.84 Å². The Balaban J connectivity index is 1.72. The smallest absolute Gasteiger partial charge is 0.0704 e. The highest BCUT2D eigenvalue weighted by Gasteiger charge is 2.11. The molecule has 0 aliphatic heterocycles. The fraction of sp³-hybridized carbons (Fsp3) is 0.0769. The van der Waals surface area contributed by atoms with Gasteiger partial charge in [-0.15, -0.1) is 0 Å². The van der Waals surface area contributed by atoms with Crippen LogP contribution in [0, 0.1) is 13.8 Å². The SMILES string of the molecule is Cc1ccc(-c2ccc3c(c2)c2cc(-c4ccc(C)cc4)ccc2n3N)cc1. The third kappa shape index (κ3) is 2.66. The Labute approximate surface area is 164 Å². The molecule has 28 heavy (non-hydrogen) atoms. The molecule has 0 bridgehead atoms. The normalized spacial score (nSPS) is 11.4. The number of benzene rings is 4. The third-order valence-corrected chi connectivity index (χ3v) is 5.57. The Morgan fingerprint density at radius 2 is 0.857 bits per heavy atom. The predicted octanol–water partition coefficient (Wildman–Crippen LogP) is 6.46. The number of nitrogen functional groups attached to an aromatic ring is 1. The Hall–Kier alpha value is -3.52. The Kier molecular flexibility index (Phi) is 3.73. The number of hydrogen-bond acceptors (Lipinski definition) is 1. The highest BCUT2D eigenvalue weighted by molar-refractivity contribution is 6.10. The maximum atomic E-state index is 6.41. The van der Waals surface area contributed by atoms with Crippen molar-refractivity contribution in [1.29, 1.82) is 0 Å². The molecule has 0 unspecified atom stereocenters. The van der Waals surface area contributed by atoms with Crippen molar-refractivity contribution in [3.05, 3.63) is 96.1 Å². The summed E-state index contributed by atoms with van der Waals surface area (Å²) in [6.45, 7) is 4.23. The van der Waals surface area contributed by atoms with Gasteiger partial charge < -0.3 is 5.84 Å². The summed E-state index contributed by atoms with van der Waals surface area (Å²) in [5.41, 5.74) is 9.50. The van der Waals surface area contributed by atoms with E-state index in [0.29, 0.717) is 0 Å². The molecular formula is C26H22N2. The number of nitrogens with two attached hydrogens (primary N) is 1. The van der Waals surface area contributed by atoms with Crippen molar-refractivity contribution in [2.24, 2.45) is 0 Å². The predicted molar refractivity (Wildman–Crippen MR) is 120 cm³/mol. The van der Waals surface area contributed by atoms with E-state index in [1.165, 1.54) is 44.2 Å². The van der Waals surface area contributed by atoms with Gasteiger partial charge in [-0.05, 0) is 60.4 Å². The second-order valence-corrected chi connectivity index (χ2v) is 7.57. The monoisotopic (exact) mass is 362 g/mol. The Bertz CT molecular complexity index is 1200. The molecule has 0 spiro atoms. The zero-order valence-electron chi connectivity index (χ0n) is 16.1. The lowest BCUT2D eigenvalue weighted by Gasteiger charge is -2.04. The van der Waals surface area contributed by atoms with Crippen LogP contribution >= 0.6 is 0 Å². The number of aryl methyl sites for hydroxylation is 2. The van der Waals surface area contributed by atoms with E-state index in [1.807, 2.05) is 0 Å². The molecule has 0 saturated carbocycles. The van der Waals surface area contributed by atoms with E-state index in [2.05, 4.69) is 98.8 Å². The van der Waals surface area contributed by atoms with Gasteiger partial charge in [0.15, 0.2) is 0 Å². The van der Waals surface area contributed by atoms with Gasteiger partial charge in [0.05, 0.1) is 11.0 Å². The molecule has 5 aromatic rings. The van der Waals surface area contributed by atoms with Gasteiger partial charge in [-0.1, -0.05) is 71.8 Å². The quantitative estimate of drug-likeness (QED) is 0.359. The summed E-state index contributed by atoms with van der Waals surface area (Å²) in [7, 11) is 0. The zero-order chi connectivity index (χ0) is 19.3. The van der Waals surface area contributed by atoms with E-state index in [9.17, 15) is 0 Å². The molecule has 136 valence electrons. The van der Waals surface area contributed by atoms with Crippen molar-refractivity contribution in [3.8, 4) is 22.3 Å². The van der Waals surface area contributed by atoms with Crippen LogP contribution in [0.25, 0.3) is 44.1 Å². The minimum atomic E-state index is 1.05. The molecular weight excluding hydrogens is 340 g/mol. The van der Waals surface area contributed by atoms with E-state index in [4.69, 9.17) is 5.84 Å². The first-order valence-electron chi connectivity index (χ1n) is 9.57. The minimum absolute atomic E-state index is 1.05. The zero-order valence-corrected chi connectivity index (χ0v) is 16.1. The minimum Gasteiger partial charge on any atom is -0.339 e. The van der Waals surface area contributed by atoms with Gasteiger partial charge in [-0.25, -0.2) is 0 Å². The lowest BCUT2D eigenvalue weighted by atomic mass is 9.99. The summed E-state index contributed by atoms with van der Waals surface area (Å²) in [5, 5.41) is 2.37. The molecule has 0 aliphatic carbocycles. The fourth-order valence-corrected chi connectivity index (χ4v) is 3.90. The highest BCUT2D eigenvalue weighted by atomic mass is 15.3. The summed E-state index contributed by atoms with van der Waals surface area (Å²) in [5.74, 6) is 6.41. The largest absolute Gasteiger partial charge is 0.339 e. The molecule has 0 atom stereocenters. The van der Waals surface area contributed by atoms with Crippen LogP contribution in [0.2, 0.25) is 0 Å². The average molecular weight is 362 g/mol. The first kappa shape index (κ1) is 16.6. The van der Waals surface area contributed by atoms with E-state index in [0.717, 1.165) is 11.0 Å². The van der Waals surface area contributed by atoms with Gasteiger partial charge in [0.25, 0.3) is 0 Å². The summed E-state index contributed by atoms with van der Waals surface area (Å²) in [6.07, 6.45) is 0. The van der Waals surface area contributed by atoms with E-state index in [-0.39, 0.29) is 0 Å². The second kappa shape index (κ2) is 6.28. The first-order chi connectivity index (χ1) is 13.6. The van der Waals surface area contributed by atoms with Crippen LogP contribution in [0.4, 0.5) is 0 Å². The number of nitrogens with zero attached hydrogens (tertiary/aromatic N) is 1. The van der Waals surface area contributed by atoms with Gasteiger partial charge in [0.1, 0.15) is 0 Å². The van der Waals surface area contributed by atoms with Crippen molar-refractivity contribution >= 4 is 21.8 Å². The molecule has 0 radical (unpaired) electrons. The van der Waals surface area contributed by atoms with Crippen molar-refractivity contribution in [1.82, 2.24) is 4.68 Å². The number of hydrogen-bond donors (Lipinski definition) is 1. The molecule has 4 aromatic carbocycles. The average Bonchev–Trinajstić information content (AvgIpc) is 3.00. The Morgan fingerprint density at radius 1 is 0.500 bits per heavy atom. The molecule has 0 fully saturated rings. The molecule has 2 nitrogen and oxygen atoms in total. The topological polar surface area (TPSA) is 30.9 Å². The van der Waals surface area contributed by atoms with Gasteiger partial charge in [-0.2, -0.15) is 0 Å². The molecule has 2 N–H and O–H groups in total. The van der Waals surface area contributed by atoms with Crippen molar-refractivity contribution in [2.45, 2.75) is 13.8 Å².